The molecule has 0 unspecified atom stereocenters. The first-order chi connectivity index (χ1) is 7.16. The van der Waals surface area contributed by atoms with Gasteiger partial charge in [0.2, 0.25) is 0 Å². The summed E-state index contributed by atoms with van der Waals surface area (Å²) in [4.78, 5) is 0. The van der Waals surface area contributed by atoms with Gasteiger partial charge in [-0.25, -0.2) is 0 Å². The van der Waals surface area contributed by atoms with Gasteiger partial charge in [-0.1, -0.05) is 0 Å². The van der Waals surface area contributed by atoms with Crippen LogP contribution < -0.4 is 5.73 Å². The monoisotopic (exact) mass is 221 g/mol. The molecule has 0 fully saturated rings. The maximum Gasteiger partial charge on any atom is 0.119 e. The third-order valence-corrected chi connectivity index (χ3v) is 2.89. The van der Waals surface area contributed by atoms with Gasteiger partial charge in [0.15, 0.2) is 0 Å². The van der Waals surface area contributed by atoms with E-state index in [1.54, 1.807) is 23.5 Å². The lowest BCUT2D eigenvalue weighted by molar-refractivity contribution is 0.448. The van der Waals surface area contributed by atoms with E-state index in [0.29, 0.717) is 5.56 Å². The van der Waals surface area contributed by atoms with E-state index in [1.165, 1.54) is 6.07 Å². The number of aromatic hydroxyl groups is 2. The summed E-state index contributed by atoms with van der Waals surface area (Å²) in [7, 11) is 0. The summed E-state index contributed by atoms with van der Waals surface area (Å²) in [6.45, 7) is 0. The molecule has 0 aliphatic heterocycles. The number of hydrogen-bond donors (Lipinski definition) is 3. The number of phenols is 2. The molecule has 0 amide bonds. The predicted octanol–water partition coefficient (Wildman–Crippen LogP) is 2.21. The maximum atomic E-state index is 9.33. The first-order valence-electron chi connectivity index (χ1n) is 4.47. The second-order valence-corrected chi connectivity index (χ2v) is 4.10. The second kappa shape index (κ2) is 3.92. The molecule has 1 heterocycles. The Bertz CT molecular complexity index is 433. The summed E-state index contributed by atoms with van der Waals surface area (Å²) >= 11 is 1.57. The molecule has 78 valence electrons. The zero-order chi connectivity index (χ0) is 10.8. The minimum absolute atomic E-state index is 0.0238. The summed E-state index contributed by atoms with van der Waals surface area (Å²) in [5, 5.41) is 22.5. The second-order valence-electron chi connectivity index (χ2n) is 3.32. The van der Waals surface area contributed by atoms with Crippen molar-refractivity contribution in [1.29, 1.82) is 0 Å². The molecule has 0 aliphatic rings. The van der Waals surface area contributed by atoms with Crippen molar-refractivity contribution < 1.29 is 10.2 Å². The summed E-state index contributed by atoms with van der Waals surface area (Å²) in [5.41, 5.74) is 7.66. The zero-order valence-electron chi connectivity index (χ0n) is 7.92. The van der Waals surface area contributed by atoms with Crippen LogP contribution >= 0.6 is 11.3 Å². The highest BCUT2D eigenvalue weighted by atomic mass is 32.1. The molecular weight excluding hydrogens is 210 g/mol. The standard InChI is InChI=1S/C11H11NO2S/c12-11(7-1-2-15-6-7)8-3-9(13)5-10(14)4-8/h1-6,11,13-14H,12H2/t11-/m1/s1. The molecule has 1 atom stereocenters. The van der Waals surface area contributed by atoms with E-state index in [9.17, 15) is 10.2 Å². The van der Waals surface area contributed by atoms with E-state index < -0.39 is 0 Å². The van der Waals surface area contributed by atoms with Gasteiger partial charge in [0.1, 0.15) is 11.5 Å². The van der Waals surface area contributed by atoms with E-state index in [4.69, 9.17) is 5.73 Å². The van der Waals surface area contributed by atoms with Crippen LogP contribution in [0, 0.1) is 0 Å². The van der Waals surface area contributed by atoms with E-state index in [1.807, 2.05) is 16.8 Å². The van der Waals surface area contributed by atoms with Crippen LogP contribution in [0.25, 0.3) is 0 Å². The Hall–Kier alpha value is -1.52. The molecule has 0 radical (unpaired) electrons. The lowest BCUT2D eigenvalue weighted by Gasteiger charge is -2.11. The van der Waals surface area contributed by atoms with Gasteiger partial charge in [0.25, 0.3) is 0 Å². The van der Waals surface area contributed by atoms with Crippen molar-refractivity contribution in [3.63, 3.8) is 0 Å². The fraction of sp³-hybridized carbons (Fsp3) is 0.0909. The van der Waals surface area contributed by atoms with Gasteiger partial charge in [0.05, 0.1) is 6.04 Å². The van der Waals surface area contributed by atoms with Crippen molar-refractivity contribution in [2.24, 2.45) is 5.73 Å². The Morgan fingerprint density at radius 2 is 1.73 bits per heavy atom. The van der Waals surface area contributed by atoms with E-state index in [0.717, 1.165) is 5.56 Å². The van der Waals surface area contributed by atoms with Crippen LogP contribution in [0.15, 0.2) is 35.0 Å². The third-order valence-electron chi connectivity index (χ3n) is 2.19. The van der Waals surface area contributed by atoms with Gasteiger partial charge in [-0.05, 0) is 40.1 Å². The van der Waals surface area contributed by atoms with Crippen molar-refractivity contribution in [2.75, 3.05) is 0 Å². The summed E-state index contributed by atoms with van der Waals surface area (Å²) in [5.74, 6) is 0.0476. The lowest BCUT2D eigenvalue weighted by atomic mass is 10.0. The number of thiophene rings is 1. The molecular formula is C11H11NO2S. The highest BCUT2D eigenvalue weighted by Gasteiger charge is 2.10. The molecule has 0 spiro atoms. The van der Waals surface area contributed by atoms with Gasteiger partial charge in [-0.3, -0.25) is 0 Å². The zero-order valence-corrected chi connectivity index (χ0v) is 8.74. The van der Waals surface area contributed by atoms with E-state index >= 15 is 0 Å². The average Bonchev–Trinajstić information content (AvgIpc) is 2.67. The number of hydrogen-bond acceptors (Lipinski definition) is 4. The molecule has 0 bridgehead atoms. The van der Waals surface area contributed by atoms with Gasteiger partial charge in [0, 0.05) is 6.07 Å². The van der Waals surface area contributed by atoms with Crippen molar-refractivity contribution >= 4 is 11.3 Å². The van der Waals surface area contributed by atoms with Crippen LogP contribution in [0.1, 0.15) is 17.2 Å². The van der Waals surface area contributed by atoms with Crippen LogP contribution in [-0.2, 0) is 0 Å². The average molecular weight is 221 g/mol. The number of phenolic OH excluding ortho intramolecular Hbond substituents is 2. The van der Waals surface area contributed by atoms with Crippen LogP contribution in [0.4, 0.5) is 0 Å². The van der Waals surface area contributed by atoms with Gasteiger partial charge in [-0.2, -0.15) is 11.3 Å². The molecule has 1 aromatic heterocycles. The molecule has 0 aliphatic carbocycles. The molecule has 1 aromatic carbocycles. The summed E-state index contributed by atoms with van der Waals surface area (Å²) < 4.78 is 0. The molecule has 3 nitrogen and oxygen atoms in total. The van der Waals surface area contributed by atoms with Gasteiger partial charge in [-0.15, -0.1) is 0 Å². The van der Waals surface area contributed by atoms with Crippen molar-refractivity contribution in [3.05, 3.63) is 46.2 Å². The Morgan fingerprint density at radius 3 is 2.27 bits per heavy atom. The number of benzene rings is 1. The summed E-state index contributed by atoms with van der Waals surface area (Å²) in [6.07, 6.45) is 0. The number of nitrogens with two attached hydrogens (primary N) is 1. The first kappa shape index (κ1) is 10.0. The SMILES string of the molecule is N[C@H](c1ccsc1)c1cc(O)cc(O)c1. The molecule has 2 aromatic rings. The number of rotatable bonds is 2. The van der Waals surface area contributed by atoms with E-state index in [2.05, 4.69) is 0 Å². The summed E-state index contributed by atoms with van der Waals surface area (Å²) in [6, 6.07) is 6.01. The van der Waals surface area contributed by atoms with Gasteiger partial charge < -0.3 is 15.9 Å². The quantitative estimate of drug-likeness (QED) is 0.728. The first-order valence-corrected chi connectivity index (χ1v) is 5.41. The fourth-order valence-electron chi connectivity index (χ4n) is 1.44. The van der Waals surface area contributed by atoms with Crippen molar-refractivity contribution in [1.82, 2.24) is 0 Å². The maximum absolute atomic E-state index is 9.33. The van der Waals surface area contributed by atoms with Crippen LogP contribution in [0.3, 0.4) is 0 Å². The molecule has 0 saturated carbocycles. The smallest absolute Gasteiger partial charge is 0.119 e. The Balaban J connectivity index is 2.37. The molecule has 4 N–H and O–H groups in total. The van der Waals surface area contributed by atoms with Crippen LogP contribution in [-0.4, -0.2) is 10.2 Å². The minimum Gasteiger partial charge on any atom is -0.508 e. The highest BCUT2D eigenvalue weighted by molar-refractivity contribution is 7.08. The topological polar surface area (TPSA) is 66.5 Å². The Labute approximate surface area is 91.4 Å². The molecule has 2 rings (SSSR count). The molecule has 15 heavy (non-hydrogen) atoms. The lowest BCUT2D eigenvalue weighted by Crippen LogP contribution is -2.10. The predicted molar refractivity (Wildman–Crippen MR) is 60.1 cm³/mol. The van der Waals surface area contributed by atoms with Crippen molar-refractivity contribution in [2.45, 2.75) is 6.04 Å². The Morgan fingerprint density at radius 1 is 1.07 bits per heavy atom. The van der Waals surface area contributed by atoms with Crippen molar-refractivity contribution in [3.8, 4) is 11.5 Å². The largest absolute Gasteiger partial charge is 0.508 e. The molecule has 4 heteroatoms. The highest BCUT2D eigenvalue weighted by Crippen LogP contribution is 2.28. The third kappa shape index (κ3) is 2.11. The Kier molecular flexibility index (Phi) is 2.62. The fourth-order valence-corrected chi connectivity index (χ4v) is 2.14. The van der Waals surface area contributed by atoms with Crippen LogP contribution in [0.5, 0.6) is 11.5 Å². The minimum atomic E-state index is -0.311. The van der Waals surface area contributed by atoms with E-state index in [-0.39, 0.29) is 17.5 Å². The normalized spacial score (nSPS) is 12.6. The van der Waals surface area contributed by atoms with Gasteiger partial charge >= 0.3 is 0 Å². The van der Waals surface area contributed by atoms with Crippen LogP contribution in [0.2, 0.25) is 0 Å². The molecule has 0 saturated heterocycles.